The lowest BCUT2D eigenvalue weighted by molar-refractivity contribution is -0.135. The van der Waals surface area contributed by atoms with Crippen LogP contribution in [-0.2, 0) is 4.79 Å². The first-order valence-electron chi connectivity index (χ1n) is 6.92. The summed E-state index contributed by atoms with van der Waals surface area (Å²) in [5.74, 6) is 0.837. The Balaban J connectivity index is 0.00000220. The van der Waals surface area contributed by atoms with Crippen molar-refractivity contribution in [2.75, 3.05) is 20.2 Å². The van der Waals surface area contributed by atoms with E-state index in [-0.39, 0.29) is 30.3 Å². The third kappa shape index (κ3) is 3.90. The van der Waals surface area contributed by atoms with Gasteiger partial charge in [-0.25, -0.2) is 0 Å². The third-order valence-corrected chi connectivity index (χ3v) is 4.36. The van der Waals surface area contributed by atoms with Gasteiger partial charge in [0.25, 0.3) is 0 Å². The van der Waals surface area contributed by atoms with Crippen LogP contribution in [-0.4, -0.2) is 31.0 Å². The Morgan fingerprint density at radius 3 is 2.90 bits per heavy atom. The van der Waals surface area contributed by atoms with Crippen molar-refractivity contribution in [3.8, 4) is 5.75 Å². The molecule has 1 fully saturated rings. The molecule has 1 saturated heterocycles. The van der Waals surface area contributed by atoms with E-state index in [0.29, 0.717) is 6.54 Å². The van der Waals surface area contributed by atoms with Crippen LogP contribution in [0, 0.1) is 5.92 Å². The number of carbonyl (C=O) groups is 1. The Morgan fingerprint density at radius 1 is 1.57 bits per heavy atom. The van der Waals surface area contributed by atoms with Crippen molar-refractivity contribution in [2.24, 2.45) is 11.7 Å². The number of nitrogens with zero attached hydrogens (tertiary/aromatic N) is 1. The minimum Gasteiger partial charge on any atom is -0.496 e. The molecule has 6 heteroatoms. The van der Waals surface area contributed by atoms with Crippen LogP contribution in [0.5, 0.6) is 5.75 Å². The van der Waals surface area contributed by atoms with E-state index < -0.39 is 0 Å². The zero-order valence-electron chi connectivity index (χ0n) is 12.3. The molecular weight excluding hydrogens is 356 g/mol. The van der Waals surface area contributed by atoms with Gasteiger partial charge in [0, 0.05) is 29.0 Å². The summed E-state index contributed by atoms with van der Waals surface area (Å²) in [5.41, 5.74) is 6.69. The fraction of sp³-hybridized carbons (Fsp3) is 0.533. The van der Waals surface area contributed by atoms with E-state index in [4.69, 9.17) is 10.5 Å². The van der Waals surface area contributed by atoms with Gasteiger partial charge in [0.2, 0.25) is 5.91 Å². The summed E-state index contributed by atoms with van der Waals surface area (Å²) in [5, 5.41) is 0. The topological polar surface area (TPSA) is 55.6 Å². The molecular formula is C15H22BrClN2O2. The number of rotatable bonds is 4. The summed E-state index contributed by atoms with van der Waals surface area (Å²) in [6.07, 6.45) is 1.99. The summed E-state index contributed by atoms with van der Waals surface area (Å²) in [7, 11) is 1.66. The van der Waals surface area contributed by atoms with Gasteiger partial charge >= 0.3 is 0 Å². The lowest BCUT2D eigenvalue weighted by atomic mass is 10.0. The first kappa shape index (κ1) is 18.3. The molecule has 0 spiro atoms. The number of likely N-dealkylation sites (tertiary alicyclic amines) is 1. The molecule has 4 nitrogen and oxygen atoms in total. The van der Waals surface area contributed by atoms with Crippen LogP contribution < -0.4 is 10.5 Å². The maximum atomic E-state index is 12.4. The molecule has 0 saturated carbocycles. The molecule has 2 unspecified atom stereocenters. The zero-order valence-corrected chi connectivity index (χ0v) is 14.7. The van der Waals surface area contributed by atoms with Gasteiger partial charge in [-0.15, -0.1) is 12.4 Å². The quantitative estimate of drug-likeness (QED) is 0.877. The zero-order chi connectivity index (χ0) is 14.7. The maximum Gasteiger partial charge on any atom is 0.227 e. The normalized spacial score (nSPS) is 19.0. The van der Waals surface area contributed by atoms with Gasteiger partial charge in [0.1, 0.15) is 5.75 Å². The van der Waals surface area contributed by atoms with Crippen molar-refractivity contribution >= 4 is 34.2 Å². The van der Waals surface area contributed by atoms with E-state index in [9.17, 15) is 4.79 Å². The molecule has 2 rings (SSSR count). The molecule has 2 atom stereocenters. The van der Waals surface area contributed by atoms with E-state index in [1.54, 1.807) is 7.11 Å². The van der Waals surface area contributed by atoms with Gasteiger partial charge in [-0.05, 0) is 31.0 Å². The van der Waals surface area contributed by atoms with Crippen LogP contribution in [0.3, 0.4) is 0 Å². The number of hydrogen-bond donors (Lipinski definition) is 1. The molecule has 0 aliphatic carbocycles. The highest BCUT2D eigenvalue weighted by molar-refractivity contribution is 9.10. The fourth-order valence-corrected chi connectivity index (χ4v) is 3.08. The number of amides is 1. The van der Waals surface area contributed by atoms with Crippen molar-refractivity contribution < 1.29 is 9.53 Å². The number of benzene rings is 1. The number of ether oxygens (including phenoxy) is 1. The Bertz CT molecular complexity index is 499. The van der Waals surface area contributed by atoms with Crippen molar-refractivity contribution in [3.05, 3.63) is 28.2 Å². The van der Waals surface area contributed by atoms with Crippen molar-refractivity contribution in [1.29, 1.82) is 0 Å². The lowest BCUT2D eigenvalue weighted by Crippen LogP contribution is -2.37. The van der Waals surface area contributed by atoms with Gasteiger partial charge in [0.05, 0.1) is 13.2 Å². The highest BCUT2D eigenvalue weighted by atomic mass is 79.9. The molecule has 1 heterocycles. The summed E-state index contributed by atoms with van der Waals surface area (Å²) in [6.45, 7) is 3.07. The average molecular weight is 378 g/mol. The molecule has 118 valence electrons. The Labute approximate surface area is 140 Å². The van der Waals surface area contributed by atoms with Crippen LogP contribution in [0.2, 0.25) is 0 Å². The molecule has 1 aliphatic rings. The smallest absolute Gasteiger partial charge is 0.227 e. The molecule has 1 aliphatic heterocycles. The molecule has 0 radical (unpaired) electrons. The molecule has 0 bridgehead atoms. The van der Waals surface area contributed by atoms with Crippen molar-refractivity contribution in [2.45, 2.75) is 25.8 Å². The lowest BCUT2D eigenvalue weighted by Gasteiger charge is -2.28. The first-order chi connectivity index (χ1) is 9.58. The fourth-order valence-electron chi connectivity index (χ4n) is 2.70. The summed E-state index contributed by atoms with van der Waals surface area (Å²) < 4.78 is 6.44. The van der Waals surface area contributed by atoms with Gasteiger partial charge in [-0.1, -0.05) is 22.9 Å². The minimum atomic E-state index is -0.131. The number of nitrogens with two attached hydrogens (primary N) is 1. The van der Waals surface area contributed by atoms with Gasteiger partial charge in [-0.2, -0.15) is 0 Å². The predicted octanol–water partition coefficient (Wildman–Crippen LogP) is 3.14. The van der Waals surface area contributed by atoms with Crippen LogP contribution in [0.25, 0.3) is 0 Å². The minimum absolute atomic E-state index is 0. The largest absolute Gasteiger partial charge is 0.496 e. The van der Waals surface area contributed by atoms with Crippen molar-refractivity contribution in [3.63, 3.8) is 0 Å². The number of carbonyl (C=O) groups excluding carboxylic acids is 1. The Morgan fingerprint density at radius 2 is 2.29 bits per heavy atom. The van der Waals surface area contributed by atoms with Gasteiger partial charge < -0.3 is 15.4 Å². The second-order valence-electron chi connectivity index (χ2n) is 5.21. The monoisotopic (exact) mass is 376 g/mol. The SMILES string of the molecule is COc1ccc(Br)cc1C1CCCN1C(=O)C(C)CN.Cl. The summed E-state index contributed by atoms with van der Waals surface area (Å²) >= 11 is 3.49. The molecule has 1 aromatic rings. The van der Waals surface area contributed by atoms with Gasteiger partial charge in [0.15, 0.2) is 0 Å². The van der Waals surface area contributed by atoms with E-state index in [0.717, 1.165) is 35.2 Å². The Kier molecular flexibility index (Phi) is 6.97. The summed E-state index contributed by atoms with van der Waals surface area (Å²) in [6, 6.07) is 6.02. The van der Waals surface area contributed by atoms with E-state index >= 15 is 0 Å². The number of halogens is 2. The second-order valence-corrected chi connectivity index (χ2v) is 6.13. The van der Waals surface area contributed by atoms with E-state index in [2.05, 4.69) is 15.9 Å². The van der Waals surface area contributed by atoms with E-state index in [1.807, 2.05) is 30.0 Å². The molecule has 21 heavy (non-hydrogen) atoms. The maximum absolute atomic E-state index is 12.4. The third-order valence-electron chi connectivity index (χ3n) is 3.86. The van der Waals surface area contributed by atoms with Crippen LogP contribution in [0.15, 0.2) is 22.7 Å². The number of methoxy groups -OCH3 is 1. The first-order valence-corrected chi connectivity index (χ1v) is 7.71. The predicted molar refractivity (Wildman–Crippen MR) is 89.8 cm³/mol. The van der Waals surface area contributed by atoms with Gasteiger partial charge in [-0.3, -0.25) is 4.79 Å². The highest BCUT2D eigenvalue weighted by Gasteiger charge is 2.33. The molecule has 2 N–H and O–H groups in total. The standard InChI is InChI=1S/C15H21BrN2O2.ClH/c1-10(9-17)15(19)18-7-3-4-13(18)12-8-11(16)5-6-14(12)20-2;/h5-6,8,10,13H,3-4,7,9,17H2,1-2H3;1H. The van der Waals surface area contributed by atoms with Crippen LogP contribution >= 0.6 is 28.3 Å². The molecule has 1 amide bonds. The summed E-state index contributed by atoms with van der Waals surface area (Å²) in [4.78, 5) is 14.4. The molecule has 1 aromatic carbocycles. The van der Waals surface area contributed by atoms with E-state index in [1.165, 1.54) is 0 Å². The highest BCUT2D eigenvalue weighted by Crippen LogP contribution is 2.38. The van der Waals surface area contributed by atoms with Crippen LogP contribution in [0.1, 0.15) is 31.4 Å². The number of hydrogen-bond acceptors (Lipinski definition) is 3. The molecule has 0 aromatic heterocycles. The van der Waals surface area contributed by atoms with Crippen LogP contribution in [0.4, 0.5) is 0 Å². The Hall–Kier alpha value is -0.780. The average Bonchev–Trinajstić information content (AvgIpc) is 2.94. The second kappa shape index (κ2) is 8.01. The van der Waals surface area contributed by atoms with Crippen molar-refractivity contribution in [1.82, 2.24) is 4.90 Å².